The highest BCUT2D eigenvalue weighted by Gasteiger charge is 2.15. The van der Waals surface area contributed by atoms with Crippen LogP contribution in [0.3, 0.4) is 0 Å². The topological polar surface area (TPSA) is 30.5 Å². The van der Waals surface area contributed by atoms with Crippen LogP contribution < -0.4 is 10.1 Å². The Hall–Kier alpha value is -1.06. The monoisotopic (exact) mass is 265 g/mol. The highest BCUT2D eigenvalue weighted by molar-refractivity contribution is 5.39. The SMILES string of the molecule is CCCNC(CCOCC)c1cc(C)ccc1OC. The quantitative estimate of drug-likeness (QED) is 0.693. The van der Waals surface area contributed by atoms with Gasteiger partial charge in [-0.25, -0.2) is 0 Å². The molecule has 0 aliphatic carbocycles. The minimum Gasteiger partial charge on any atom is -0.496 e. The fraction of sp³-hybridized carbons (Fsp3) is 0.625. The standard InChI is InChI=1S/C16H27NO2/c1-5-10-17-15(9-11-19-6-2)14-12-13(3)7-8-16(14)18-4/h7-8,12,15,17H,5-6,9-11H2,1-4H3. The molecule has 0 bridgehead atoms. The molecule has 1 N–H and O–H groups in total. The zero-order valence-corrected chi connectivity index (χ0v) is 12.7. The van der Waals surface area contributed by atoms with E-state index in [2.05, 4.69) is 31.3 Å². The van der Waals surface area contributed by atoms with Gasteiger partial charge in [-0.15, -0.1) is 0 Å². The second-order valence-corrected chi connectivity index (χ2v) is 4.74. The number of hydrogen-bond acceptors (Lipinski definition) is 3. The van der Waals surface area contributed by atoms with E-state index in [1.165, 1.54) is 11.1 Å². The molecule has 19 heavy (non-hydrogen) atoms. The number of ether oxygens (including phenoxy) is 2. The lowest BCUT2D eigenvalue weighted by Crippen LogP contribution is -2.24. The first-order chi connectivity index (χ1) is 9.22. The maximum atomic E-state index is 5.49. The van der Waals surface area contributed by atoms with Crippen LogP contribution in [-0.4, -0.2) is 26.9 Å². The fourth-order valence-corrected chi connectivity index (χ4v) is 2.16. The van der Waals surface area contributed by atoms with Gasteiger partial charge in [-0.2, -0.15) is 0 Å². The number of nitrogens with one attached hydrogen (secondary N) is 1. The van der Waals surface area contributed by atoms with Gasteiger partial charge in [0.05, 0.1) is 7.11 Å². The first-order valence-corrected chi connectivity index (χ1v) is 7.18. The summed E-state index contributed by atoms with van der Waals surface area (Å²) < 4.78 is 11.0. The molecule has 0 aromatic heterocycles. The van der Waals surface area contributed by atoms with Crippen LogP contribution in [0.15, 0.2) is 18.2 Å². The van der Waals surface area contributed by atoms with Crippen LogP contribution >= 0.6 is 0 Å². The minimum absolute atomic E-state index is 0.293. The van der Waals surface area contributed by atoms with Crippen LogP contribution in [0, 0.1) is 6.92 Å². The first kappa shape index (κ1) is 16.0. The van der Waals surface area contributed by atoms with Gasteiger partial charge >= 0.3 is 0 Å². The molecule has 1 rings (SSSR count). The summed E-state index contributed by atoms with van der Waals surface area (Å²) in [4.78, 5) is 0. The number of aryl methyl sites for hydroxylation is 1. The summed E-state index contributed by atoms with van der Waals surface area (Å²) in [5, 5.41) is 3.59. The molecule has 0 radical (unpaired) electrons. The summed E-state index contributed by atoms with van der Waals surface area (Å²) >= 11 is 0. The average Bonchev–Trinajstić information content (AvgIpc) is 2.42. The molecule has 0 amide bonds. The molecule has 0 saturated carbocycles. The van der Waals surface area contributed by atoms with Crippen molar-refractivity contribution in [3.05, 3.63) is 29.3 Å². The van der Waals surface area contributed by atoms with E-state index in [1.807, 2.05) is 13.0 Å². The Balaban J connectivity index is 2.84. The van der Waals surface area contributed by atoms with Crippen molar-refractivity contribution in [2.75, 3.05) is 26.9 Å². The van der Waals surface area contributed by atoms with Crippen molar-refractivity contribution >= 4 is 0 Å². The third-order valence-corrected chi connectivity index (χ3v) is 3.16. The molecule has 1 unspecified atom stereocenters. The van der Waals surface area contributed by atoms with E-state index >= 15 is 0 Å². The van der Waals surface area contributed by atoms with Gasteiger partial charge in [0.25, 0.3) is 0 Å². The lowest BCUT2D eigenvalue weighted by Gasteiger charge is -2.21. The van der Waals surface area contributed by atoms with E-state index in [0.29, 0.717) is 6.04 Å². The fourth-order valence-electron chi connectivity index (χ4n) is 2.16. The highest BCUT2D eigenvalue weighted by Crippen LogP contribution is 2.28. The van der Waals surface area contributed by atoms with Crippen LogP contribution in [0.4, 0.5) is 0 Å². The Morgan fingerprint density at radius 3 is 2.68 bits per heavy atom. The van der Waals surface area contributed by atoms with Gasteiger partial charge in [0.1, 0.15) is 5.75 Å². The third kappa shape index (κ3) is 5.21. The molecule has 0 aliphatic rings. The van der Waals surface area contributed by atoms with E-state index in [4.69, 9.17) is 9.47 Å². The van der Waals surface area contributed by atoms with Crippen LogP contribution in [0.5, 0.6) is 5.75 Å². The van der Waals surface area contributed by atoms with E-state index < -0.39 is 0 Å². The Morgan fingerprint density at radius 1 is 1.26 bits per heavy atom. The van der Waals surface area contributed by atoms with Crippen LogP contribution in [0.1, 0.15) is 43.9 Å². The lowest BCUT2D eigenvalue weighted by atomic mass is 10.0. The Morgan fingerprint density at radius 2 is 2.05 bits per heavy atom. The number of hydrogen-bond donors (Lipinski definition) is 1. The average molecular weight is 265 g/mol. The van der Waals surface area contributed by atoms with Gasteiger partial charge in [0, 0.05) is 24.8 Å². The van der Waals surface area contributed by atoms with Crippen LogP contribution in [0.2, 0.25) is 0 Å². The first-order valence-electron chi connectivity index (χ1n) is 7.18. The van der Waals surface area contributed by atoms with Gasteiger partial charge in [0.2, 0.25) is 0 Å². The molecule has 0 fully saturated rings. The maximum absolute atomic E-state index is 5.49. The molecule has 0 heterocycles. The lowest BCUT2D eigenvalue weighted by molar-refractivity contribution is 0.136. The summed E-state index contributed by atoms with van der Waals surface area (Å²) in [6, 6.07) is 6.63. The van der Waals surface area contributed by atoms with E-state index in [1.54, 1.807) is 7.11 Å². The van der Waals surface area contributed by atoms with Crippen molar-refractivity contribution in [1.82, 2.24) is 5.32 Å². The van der Waals surface area contributed by atoms with Crippen molar-refractivity contribution in [3.8, 4) is 5.75 Å². The summed E-state index contributed by atoms with van der Waals surface area (Å²) in [6.07, 6.45) is 2.09. The highest BCUT2D eigenvalue weighted by atomic mass is 16.5. The predicted molar refractivity (Wildman–Crippen MR) is 79.9 cm³/mol. The molecule has 0 saturated heterocycles. The largest absolute Gasteiger partial charge is 0.496 e. The van der Waals surface area contributed by atoms with E-state index in [0.717, 1.165) is 38.3 Å². The third-order valence-electron chi connectivity index (χ3n) is 3.16. The van der Waals surface area contributed by atoms with Crippen molar-refractivity contribution in [2.45, 2.75) is 39.7 Å². The van der Waals surface area contributed by atoms with Crippen molar-refractivity contribution < 1.29 is 9.47 Å². The summed E-state index contributed by atoms with van der Waals surface area (Å²) in [5.41, 5.74) is 2.49. The smallest absolute Gasteiger partial charge is 0.123 e. The van der Waals surface area contributed by atoms with Crippen molar-refractivity contribution in [1.29, 1.82) is 0 Å². The Bertz CT molecular complexity index is 366. The van der Waals surface area contributed by atoms with Crippen molar-refractivity contribution in [3.63, 3.8) is 0 Å². The van der Waals surface area contributed by atoms with Gasteiger partial charge < -0.3 is 14.8 Å². The summed E-state index contributed by atoms with van der Waals surface area (Å²) in [5.74, 6) is 0.954. The number of benzene rings is 1. The van der Waals surface area contributed by atoms with Crippen molar-refractivity contribution in [2.24, 2.45) is 0 Å². The van der Waals surface area contributed by atoms with E-state index in [9.17, 15) is 0 Å². The molecular formula is C16H27NO2. The summed E-state index contributed by atoms with van der Waals surface area (Å²) in [7, 11) is 1.73. The van der Waals surface area contributed by atoms with Crippen LogP contribution in [0.25, 0.3) is 0 Å². The molecule has 1 aromatic carbocycles. The predicted octanol–water partition coefficient (Wildman–Crippen LogP) is 3.47. The second-order valence-electron chi connectivity index (χ2n) is 4.74. The Kier molecular flexibility index (Phi) is 7.53. The van der Waals surface area contributed by atoms with Crippen LogP contribution in [-0.2, 0) is 4.74 Å². The summed E-state index contributed by atoms with van der Waals surface area (Å²) in [6.45, 7) is 8.87. The second kappa shape index (κ2) is 8.94. The molecule has 108 valence electrons. The molecule has 3 nitrogen and oxygen atoms in total. The molecule has 1 aromatic rings. The molecule has 1 atom stereocenters. The maximum Gasteiger partial charge on any atom is 0.123 e. The number of methoxy groups -OCH3 is 1. The normalized spacial score (nSPS) is 12.4. The van der Waals surface area contributed by atoms with Gasteiger partial charge in [-0.1, -0.05) is 24.6 Å². The zero-order chi connectivity index (χ0) is 14.1. The Labute approximate surface area is 117 Å². The molecule has 0 spiro atoms. The van der Waals surface area contributed by atoms with Gasteiger partial charge in [-0.3, -0.25) is 0 Å². The van der Waals surface area contributed by atoms with Gasteiger partial charge in [-0.05, 0) is 39.3 Å². The molecular weight excluding hydrogens is 238 g/mol. The van der Waals surface area contributed by atoms with E-state index in [-0.39, 0.29) is 0 Å². The molecule has 0 aliphatic heterocycles. The minimum atomic E-state index is 0.293. The zero-order valence-electron chi connectivity index (χ0n) is 12.7. The molecule has 3 heteroatoms. The van der Waals surface area contributed by atoms with Gasteiger partial charge in [0.15, 0.2) is 0 Å². The number of rotatable bonds is 9.